The second-order valence-electron chi connectivity index (χ2n) is 5.04. The van der Waals surface area contributed by atoms with Crippen LogP contribution in [0.15, 0.2) is 0 Å². The number of nitrogens with one attached hydrogen (secondary N) is 1. The second-order valence-corrected chi connectivity index (χ2v) is 6.69. The first-order chi connectivity index (χ1) is 11.2. The molecule has 9 nitrogen and oxygen atoms in total. The number of halogens is 1. The van der Waals surface area contributed by atoms with E-state index in [0.717, 1.165) is 25.7 Å². The molecule has 0 bridgehead atoms. The molecular weight excluding hydrogens is 425 g/mol. The topological polar surface area (TPSA) is 162 Å². The molecule has 0 radical (unpaired) electrons. The largest absolute Gasteiger partial charge is 1.00 e. The van der Waals surface area contributed by atoms with Crippen molar-refractivity contribution >= 4 is 22.1 Å². The van der Waals surface area contributed by atoms with Gasteiger partial charge in [-0.1, -0.05) is 43.4 Å². The van der Waals surface area contributed by atoms with E-state index in [1.54, 1.807) is 0 Å². The summed E-state index contributed by atoms with van der Waals surface area (Å²) in [6.07, 6.45) is 5.27. The quantitative estimate of drug-likeness (QED) is 0.120. The molecule has 0 saturated heterocycles. The number of nitrogens with two attached hydrogens (primary N) is 1. The minimum atomic E-state index is -3.88. The molecule has 26 heavy (non-hydrogen) atoms. The van der Waals surface area contributed by atoms with Crippen LogP contribution in [0, 0.1) is 0 Å². The third-order valence-electron chi connectivity index (χ3n) is 2.97. The predicted octanol–water partition coefficient (Wildman–Crippen LogP) is -7.32. The molecule has 0 aromatic carbocycles. The number of hydrogen-bond donors (Lipinski definition) is 2. The van der Waals surface area contributed by atoms with Crippen molar-refractivity contribution in [1.82, 2.24) is 5.43 Å². The van der Waals surface area contributed by atoms with Gasteiger partial charge in [0.2, 0.25) is 0 Å². The van der Waals surface area contributed by atoms with Crippen LogP contribution in [0.4, 0.5) is 4.53 Å². The summed E-state index contributed by atoms with van der Waals surface area (Å²) in [5.41, 5.74) is 1.90. The maximum Gasteiger partial charge on any atom is 1.00 e. The first-order valence-electron chi connectivity index (χ1n) is 7.59. The Kier molecular flexibility index (Phi) is 31.7. The number of carbonyl (C=O) groups excluding carboxylic acids is 2. The molecule has 0 aliphatic heterocycles. The molecule has 0 saturated carbocycles. The van der Waals surface area contributed by atoms with Gasteiger partial charge in [-0.25, -0.2) is 0 Å². The Morgan fingerprint density at radius 2 is 1.62 bits per heavy atom. The molecular formula is C13H25FK2N2O7S. The van der Waals surface area contributed by atoms with Crippen molar-refractivity contribution < 1.29 is 140 Å². The number of carboxylic acid groups (broad SMARTS) is 2. The number of unbranched alkanes of at least 4 members (excludes halogenated alkanes) is 5. The third kappa shape index (κ3) is 26.0. The summed E-state index contributed by atoms with van der Waals surface area (Å²) in [7, 11) is -3.88. The number of rotatable bonds is 13. The van der Waals surface area contributed by atoms with Crippen LogP contribution in [-0.4, -0.2) is 32.2 Å². The van der Waals surface area contributed by atoms with Crippen LogP contribution in [0.5, 0.6) is 0 Å². The van der Waals surface area contributed by atoms with Crippen LogP contribution in [0.2, 0.25) is 0 Å². The van der Waals surface area contributed by atoms with Gasteiger partial charge in [0.25, 0.3) is 10.1 Å². The Labute approximate surface area is 239 Å². The molecule has 0 fully saturated rings. The van der Waals surface area contributed by atoms with Gasteiger partial charge in [-0.3, -0.25) is 11.3 Å². The van der Waals surface area contributed by atoms with E-state index in [9.17, 15) is 32.7 Å². The number of aliphatic carboxylic acids is 2. The zero-order chi connectivity index (χ0) is 19.0. The third-order valence-corrected chi connectivity index (χ3v) is 3.95. The van der Waals surface area contributed by atoms with Crippen LogP contribution in [-0.2, 0) is 24.1 Å². The number of carboxylic acids is 2. The van der Waals surface area contributed by atoms with Crippen LogP contribution in [0.1, 0.15) is 58.3 Å². The minimum Gasteiger partial charge on any atom is -0.550 e. The van der Waals surface area contributed by atoms with E-state index in [2.05, 4.69) is 11.3 Å². The van der Waals surface area contributed by atoms with Crippen molar-refractivity contribution in [2.75, 3.05) is 5.75 Å². The molecule has 0 aromatic rings. The molecule has 13 heteroatoms. The Balaban J connectivity index is -0.000000175. The minimum absolute atomic E-state index is 0. The smallest absolute Gasteiger partial charge is 0.550 e. The molecule has 0 aliphatic rings. The normalized spacial score (nSPS) is 11.2. The summed E-state index contributed by atoms with van der Waals surface area (Å²) in [5.74, 6) is 1.83. The van der Waals surface area contributed by atoms with Crippen molar-refractivity contribution in [1.29, 1.82) is 0 Å². The fourth-order valence-electron chi connectivity index (χ4n) is 1.62. The number of hydrogen-bond acceptors (Lipinski definition) is 9. The maximum absolute atomic E-state index is 11.3. The zero-order valence-corrected chi connectivity index (χ0v) is 22.7. The van der Waals surface area contributed by atoms with Crippen molar-refractivity contribution in [3.8, 4) is 0 Å². The van der Waals surface area contributed by atoms with Gasteiger partial charge in [0.05, 0.1) is 17.8 Å². The van der Waals surface area contributed by atoms with Gasteiger partial charge in [0.1, 0.15) is 0 Å². The fourth-order valence-corrected chi connectivity index (χ4v) is 2.24. The van der Waals surface area contributed by atoms with Crippen molar-refractivity contribution in [2.24, 2.45) is 5.84 Å². The summed E-state index contributed by atoms with van der Waals surface area (Å²) in [5, 5.41) is 19.9. The monoisotopic (exact) mass is 450 g/mol. The van der Waals surface area contributed by atoms with E-state index < -0.39 is 28.1 Å². The fraction of sp³-hybridized carbons (Fsp3) is 0.846. The van der Waals surface area contributed by atoms with Gasteiger partial charge in [-0.2, -0.15) is 8.42 Å². The molecule has 1 unspecified atom stereocenters. The molecule has 0 amide bonds. The first kappa shape index (κ1) is 35.4. The summed E-state index contributed by atoms with van der Waals surface area (Å²) in [6.45, 7) is 2.11. The Bertz CT molecular complexity index is 456. The molecule has 1 atom stereocenters. The summed E-state index contributed by atoms with van der Waals surface area (Å²) < 4.78 is 35.1. The average Bonchev–Trinajstić information content (AvgIpc) is 2.51. The maximum atomic E-state index is 11.3. The van der Waals surface area contributed by atoms with Crippen LogP contribution >= 0.6 is 0 Å². The second kappa shape index (κ2) is 23.3. The van der Waals surface area contributed by atoms with Gasteiger partial charge < -0.3 is 19.8 Å². The van der Waals surface area contributed by atoms with Gasteiger partial charge >= 0.3 is 103 Å². The molecule has 0 rings (SSSR count). The summed E-state index contributed by atoms with van der Waals surface area (Å²) in [6, 6.07) is -1.13. The Hall–Kier alpha value is 1.97. The van der Waals surface area contributed by atoms with E-state index in [1.807, 2.05) is 5.43 Å². The number of carbonyl (C=O) groups is 2. The van der Waals surface area contributed by atoms with Crippen molar-refractivity contribution in [3.63, 3.8) is 0 Å². The van der Waals surface area contributed by atoms with E-state index >= 15 is 0 Å². The van der Waals surface area contributed by atoms with Crippen LogP contribution in [0.3, 0.4) is 0 Å². The van der Waals surface area contributed by atoms with Gasteiger partial charge in [0, 0.05) is 5.97 Å². The van der Waals surface area contributed by atoms with Gasteiger partial charge in [-0.05, 0) is 23.8 Å². The summed E-state index contributed by atoms with van der Waals surface area (Å²) >= 11 is 0. The Morgan fingerprint density at radius 1 is 1.12 bits per heavy atom. The summed E-state index contributed by atoms with van der Waals surface area (Å²) in [4.78, 5) is 19.9. The van der Waals surface area contributed by atoms with E-state index in [0.29, 0.717) is 6.42 Å². The van der Waals surface area contributed by atoms with E-state index in [4.69, 9.17) is 5.84 Å². The standard InChI is InChI=1S/C8H17FO3S.C5H10N2O4.2K/c1-2-3-4-5-6-7-8-13(10,11)12-9;6-7-3(5(10)11)1-2-4(8)9;;/h2-8H2,1H3;3,7H,1-2,6H2,(H,8,9)(H,10,11);;/q;;2*+1/p-2. The molecule has 0 aliphatic carbocycles. The van der Waals surface area contributed by atoms with Crippen LogP contribution in [0.25, 0.3) is 0 Å². The van der Waals surface area contributed by atoms with E-state index in [-0.39, 0.29) is 121 Å². The van der Waals surface area contributed by atoms with Crippen LogP contribution < -0.4 is 124 Å². The first-order valence-corrected chi connectivity index (χ1v) is 9.17. The molecule has 0 aromatic heterocycles. The molecule has 3 N–H and O–H groups in total. The number of hydrazine groups is 1. The molecule has 0 spiro atoms. The predicted molar refractivity (Wildman–Crippen MR) is 79.7 cm³/mol. The Morgan fingerprint density at radius 3 is 2.00 bits per heavy atom. The molecule has 0 heterocycles. The zero-order valence-electron chi connectivity index (χ0n) is 15.7. The molecule has 144 valence electrons. The van der Waals surface area contributed by atoms with Crippen molar-refractivity contribution in [2.45, 2.75) is 64.3 Å². The van der Waals surface area contributed by atoms with E-state index in [1.165, 1.54) is 6.42 Å². The SMILES string of the molecule is CCCCCCCCS(=O)(=O)OF.NNC(CCC(=O)[O-])C(=O)[O-].[K+].[K+]. The van der Waals surface area contributed by atoms with Gasteiger partial charge in [0.15, 0.2) is 0 Å². The van der Waals surface area contributed by atoms with Gasteiger partial charge in [-0.15, -0.1) is 0 Å². The average molecular weight is 451 g/mol. The van der Waals surface area contributed by atoms with Crippen molar-refractivity contribution in [3.05, 3.63) is 0 Å².